The lowest BCUT2D eigenvalue weighted by atomic mass is 10.1. The second-order valence-corrected chi connectivity index (χ2v) is 4.49. The molecule has 1 heterocycles. The molecule has 2 rings (SSSR count). The highest BCUT2D eigenvalue weighted by atomic mass is 79.9. The summed E-state index contributed by atoms with van der Waals surface area (Å²) in [6.07, 6.45) is -4.42. The summed E-state index contributed by atoms with van der Waals surface area (Å²) in [6, 6.07) is 3.36. The van der Waals surface area contributed by atoms with E-state index in [-0.39, 0.29) is 4.47 Å². The van der Waals surface area contributed by atoms with E-state index >= 15 is 0 Å². The normalized spacial score (nSPS) is 12.1. The van der Waals surface area contributed by atoms with Crippen LogP contribution in [0.1, 0.15) is 11.3 Å². The first-order valence-electron chi connectivity index (χ1n) is 4.77. The number of hydrogen-bond donors (Lipinski definition) is 1. The van der Waals surface area contributed by atoms with Gasteiger partial charge in [-0.05, 0) is 40.5 Å². The molecule has 0 radical (unpaired) electrons. The zero-order valence-corrected chi connectivity index (χ0v) is 10.7. The molecule has 0 amide bonds. The molecule has 17 heavy (non-hydrogen) atoms. The number of aromatic nitrogens is 1. The molecule has 92 valence electrons. The van der Waals surface area contributed by atoms with E-state index in [1.54, 1.807) is 19.1 Å². The number of hydrogen-bond acceptors (Lipinski definition) is 1. The third-order valence-electron chi connectivity index (χ3n) is 2.46. The number of H-pyrrole nitrogens is 1. The molecule has 1 aromatic carbocycles. The van der Waals surface area contributed by atoms with Crippen LogP contribution in [0.25, 0.3) is 10.9 Å². The summed E-state index contributed by atoms with van der Waals surface area (Å²) in [5, 5.41) is 0.467. The molecule has 1 aromatic heterocycles. The molecule has 1 N–H and O–H groups in total. The molecule has 0 fully saturated rings. The molecule has 0 aliphatic rings. The number of benzene rings is 1. The first-order valence-corrected chi connectivity index (χ1v) is 5.57. The van der Waals surface area contributed by atoms with Crippen molar-refractivity contribution in [1.82, 2.24) is 4.98 Å². The Bertz CT molecular complexity index is 574. The topological polar surface area (TPSA) is 25.0 Å². The summed E-state index contributed by atoms with van der Waals surface area (Å²) in [5.41, 5.74) is 0.386. The largest absolute Gasteiger partial charge is 0.495 e. The molecule has 0 spiro atoms. The minimum atomic E-state index is -4.42. The van der Waals surface area contributed by atoms with Crippen molar-refractivity contribution in [2.24, 2.45) is 0 Å². The number of alkyl halides is 3. The Morgan fingerprint density at radius 2 is 1.94 bits per heavy atom. The van der Waals surface area contributed by atoms with Crippen LogP contribution in [0, 0.1) is 6.92 Å². The van der Waals surface area contributed by atoms with Gasteiger partial charge in [0.1, 0.15) is 11.4 Å². The van der Waals surface area contributed by atoms with Crippen LogP contribution in [0.5, 0.6) is 5.75 Å². The van der Waals surface area contributed by atoms with Gasteiger partial charge in [-0.3, -0.25) is 0 Å². The van der Waals surface area contributed by atoms with Gasteiger partial charge in [0.2, 0.25) is 0 Å². The van der Waals surface area contributed by atoms with E-state index in [0.29, 0.717) is 16.7 Å². The number of aryl methyl sites for hydroxylation is 1. The van der Waals surface area contributed by atoms with Gasteiger partial charge in [0.15, 0.2) is 0 Å². The Kier molecular flexibility index (Phi) is 2.85. The van der Waals surface area contributed by atoms with Gasteiger partial charge < -0.3 is 9.72 Å². The van der Waals surface area contributed by atoms with Crippen molar-refractivity contribution >= 4 is 26.8 Å². The van der Waals surface area contributed by atoms with E-state index in [0.717, 1.165) is 5.56 Å². The van der Waals surface area contributed by atoms with Gasteiger partial charge in [-0.15, -0.1) is 0 Å². The molecule has 6 heteroatoms. The monoisotopic (exact) mass is 307 g/mol. The molecule has 0 aliphatic heterocycles. The second kappa shape index (κ2) is 3.94. The molecule has 0 saturated heterocycles. The lowest BCUT2D eigenvalue weighted by Crippen LogP contribution is -2.05. The third kappa shape index (κ3) is 2.01. The number of nitrogens with one attached hydrogen (secondary N) is 1. The fourth-order valence-electron chi connectivity index (χ4n) is 1.73. The Hall–Kier alpha value is -1.17. The van der Waals surface area contributed by atoms with Gasteiger partial charge in [0.25, 0.3) is 0 Å². The van der Waals surface area contributed by atoms with Crippen molar-refractivity contribution in [1.29, 1.82) is 0 Å². The van der Waals surface area contributed by atoms with Crippen molar-refractivity contribution in [3.05, 3.63) is 27.9 Å². The van der Waals surface area contributed by atoms with E-state index in [1.807, 2.05) is 0 Å². The predicted molar refractivity (Wildman–Crippen MR) is 62.3 cm³/mol. The molecule has 0 bridgehead atoms. The Morgan fingerprint density at radius 1 is 1.29 bits per heavy atom. The van der Waals surface area contributed by atoms with Crippen LogP contribution in [0.2, 0.25) is 0 Å². The number of methoxy groups -OCH3 is 1. The number of ether oxygens (including phenoxy) is 1. The first-order chi connectivity index (χ1) is 7.84. The van der Waals surface area contributed by atoms with Crippen LogP contribution in [0.15, 0.2) is 16.6 Å². The number of halogens is 4. The second-order valence-electron chi connectivity index (χ2n) is 3.70. The van der Waals surface area contributed by atoms with Gasteiger partial charge >= 0.3 is 6.18 Å². The van der Waals surface area contributed by atoms with Crippen molar-refractivity contribution in [2.75, 3.05) is 7.11 Å². The Morgan fingerprint density at radius 3 is 2.47 bits per heavy atom. The maximum absolute atomic E-state index is 12.7. The molecule has 2 nitrogen and oxygen atoms in total. The van der Waals surface area contributed by atoms with Gasteiger partial charge in [-0.1, -0.05) is 0 Å². The molecule has 0 saturated carbocycles. The minimum absolute atomic E-state index is 0.0157. The van der Waals surface area contributed by atoms with Crippen molar-refractivity contribution in [3.63, 3.8) is 0 Å². The Labute approximate surface area is 104 Å². The van der Waals surface area contributed by atoms with Crippen molar-refractivity contribution in [3.8, 4) is 5.75 Å². The quantitative estimate of drug-likeness (QED) is 0.836. The fraction of sp³-hybridized carbons (Fsp3) is 0.273. The lowest BCUT2D eigenvalue weighted by molar-refractivity contribution is -0.141. The predicted octanol–water partition coefficient (Wildman–Crippen LogP) is 4.27. The molecule has 0 unspecified atom stereocenters. The summed E-state index contributed by atoms with van der Waals surface area (Å²) in [4.78, 5) is 2.35. The van der Waals surface area contributed by atoms with E-state index in [2.05, 4.69) is 20.9 Å². The SMILES string of the molecule is COc1cc(C)cc2c(Br)c(C(F)(F)F)[nH]c12. The summed E-state index contributed by atoms with van der Waals surface area (Å²) in [5.74, 6) is 0.399. The number of fused-ring (bicyclic) bond motifs is 1. The summed E-state index contributed by atoms with van der Waals surface area (Å²) >= 11 is 2.98. The summed E-state index contributed by atoms with van der Waals surface area (Å²) in [6.45, 7) is 1.80. The van der Waals surface area contributed by atoms with Crippen molar-refractivity contribution < 1.29 is 17.9 Å². The van der Waals surface area contributed by atoms with Gasteiger partial charge in [-0.2, -0.15) is 13.2 Å². The van der Waals surface area contributed by atoms with E-state index in [9.17, 15) is 13.2 Å². The van der Waals surface area contributed by atoms with Crippen LogP contribution < -0.4 is 4.74 Å². The van der Waals surface area contributed by atoms with Crippen LogP contribution in [0.4, 0.5) is 13.2 Å². The van der Waals surface area contributed by atoms with Crippen LogP contribution >= 0.6 is 15.9 Å². The molecular formula is C11H9BrF3NO. The standard InChI is InChI=1S/C11H9BrF3NO/c1-5-3-6-8(12)10(11(13,14)15)16-9(6)7(4-5)17-2/h3-4,16H,1-2H3. The highest BCUT2D eigenvalue weighted by Gasteiger charge is 2.36. The summed E-state index contributed by atoms with van der Waals surface area (Å²) < 4.78 is 43.2. The van der Waals surface area contributed by atoms with E-state index < -0.39 is 11.9 Å². The van der Waals surface area contributed by atoms with E-state index in [4.69, 9.17) is 4.74 Å². The van der Waals surface area contributed by atoms with Crippen LogP contribution in [-0.2, 0) is 6.18 Å². The average Bonchev–Trinajstić information content (AvgIpc) is 2.55. The third-order valence-corrected chi connectivity index (χ3v) is 3.28. The highest BCUT2D eigenvalue weighted by Crippen LogP contribution is 2.41. The zero-order valence-electron chi connectivity index (χ0n) is 9.07. The van der Waals surface area contributed by atoms with Gasteiger partial charge in [0, 0.05) is 5.39 Å². The lowest BCUT2D eigenvalue weighted by Gasteiger charge is -2.03. The molecule has 2 aromatic rings. The molecule has 0 aliphatic carbocycles. The van der Waals surface area contributed by atoms with E-state index in [1.165, 1.54) is 7.11 Å². The van der Waals surface area contributed by atoms with Crippen molar-refractivity contribution in [2.45, 2.75) is 13.1 Å². The fourth-order valence-corrected chi connectivity index (χ4v) is 2.36. The molecule has 0 atom stereocenters. The zero-order chi connectivity index (χ0) is 12.8. The first kappa shape index (κ1) is 12.3. The Balaban J connectivity index is 2.82. The highest BCUT2D eigenvalue weighted by molar-refractivity contribution is 9.10. The van der Waals surface area contributed by atoms with Gasteiger partial charge in [-0.25, -0.2) is 0 Å². The maximum Gasteiger partial charge on any atom is 0.432 e. The van der Waals surface area contributed by atoms with Crippen LogP contribution in [0.3, 0.4) is 0 Å². The smallest absolute Gasteiger partial charge is 0.432 e. The number of aromatic amines is 1. The summed E-state index contributed by atoms with van der Waals surface area (Å²) in [7, 11) is 1.43. The van der Waals surface area contributed by atoms with Gasteiger partial charge in [0.05, 0.1) is 17.1 Å². The number of rotatable bonds is 1. The van der Waals surface area contributed by atoms with Crippen LogP contribution in [-0.4, -0.2) is 12.1 Å². The molecular weight excluding hydrogens is 299 g/mol. The minimum Gasteiger partial charge on any atom is -0.495 e. The maximum atomic E-state index is 12.7. The average molecular weight is 308 g/mol.